The molecule has 0 saturated carbocycles. The van der Waals surface area contributed by atoms with Gasteiger partial charge in [0.15, 0.2) is 0 Å². The Labute approximate surface area is 183 Å². The number of ether oxygens (including phenoxy) is 1. The predicted octanol–water partition coefficient (Wildman–Crippen LogP) is 5.05. The van der Waals surface area contributed by atoms with E-state index >= 15 is 0 Å². The summed E-state index contributed by atoms with van der Waals surface area (Å²) in [6, 6.07) is 13.1. The maximum atomic E-state index is 11.2. The lowest BCUT2D eigenvalue weighted by Gasteiger charge is -2.19. The summed E-state index contributed by atoms with van der Waals surface area (Å²) in [6.45, 7) is 12.1. The molecule has 7 nitrogen and oxygen atoms in total. The van der Waals surface area contributed by atoms with Gasteiger partial charge in [0.1, 0.15) is 11.6 Å². The summed E-state index contributed by atoms with van der Waals surface area (Å²) < 4.78 is 8.07. The number of hydrogen-bond acceptors (Lipinski definition) is 5. The van der Waals surface area contributed by atoms with E-state index in [1.54, 1.807) is 12.1 Å². The van der Waals surface area contributed by atoms with E-state index in [0.29, 0.717) is 11.9 Å². The van der Waals surface area contributed by atoms with Gasteiger partial charge in [0.2, 0.25) is 0 Å². The summed E-state index contributed by atoms with van der Waals surface area (Å²) in [6.07, 6.45) is 1.81. The molecule has 3 rings (SSSR count). The number of benzene rings is 2. The van der Waals surface area contributed by atoms with Gasteiger partial charge in [-0.2, -0.15) is 0 Å². The lowest BCUT2D eigenvalue weighted by Crippen LogP contribution is -2.27. The molecule has 0 bridgehead atoms. The Kier molecular flexibility index (Phi) is 7.63. The third-order valence-corrected chi connectivity index (χ3v) is 5.75. The van der Waals surface area contributed by atoms with Crippen LogP contribution < -0.4 is 4.74 Å². The van der Waals surface area contributed by atoms with Crippen LogP contribution in [0.25, 0.3) is 11.0 Å². The Morgan fingerprint density at radius 1 is 1.13 bits per heavy atom. The van der Waals surface area contributed by atoms with Gasteiger partial charge in [0, 0.05) is 31.6 Å². The van der Waals surface area contributed by atoms with E-state index in [1.807, 2.05) is 18.2 Å². The largest absolute Gasteiger partial charge is 0.491 e. The van der Waals surface area contributed by atoms with Gasteiger partial charge >= 0.3 is 0 Å². The van der Waals surface area contributed by atoms with E-state index < -0.39 is 0 Å². The van der Waals surface area contributed by atoms with E-state index in [9.17, 15) is 10.1 Å². The highest BCUT2D eigenvalue weighted by molar-refractivity contribution is 5.78. The Hall–Kier alpha value is -2.93. The van der Waals surface area contributed by atoms with Crippen molar-refractivity contribution >= 4 is 16.7 Å². The summed E-state index contributed by atoms with van der Waals surface area (Å²) in [5.41, 5.74) is 2.80. The van der Waals surface area contributed by atoms with Crippen molar-refractivity contribution in [3.8, 4) is 5.75 Å². The van der Waals surface area contributed by atoms with Gasteiger partial charge in [0.05, 0.1) is 22.1 Å². The zero-order valence-electron chi connectivity index (χ0n) is 18.9. The number of imidazole rings is 1. The van der Waals surface area contributed by atoms with Crippen molar-refractivity contribution in [2.75, 3.05) is 19.6 Å². The topological polar surface area (TPSA) is 73.4 Å². The average Bonchev–Trinajstić information content (AvgIpc) is 3.11. The van der Waals surface area contributed by atoms with Gasteiger partial charge in [-0.1, -0.05) is 32.9 Å². The van der Waals surface area contributed by atoms with Gasteiger partial charge in [-0.25, -0.2) is 4.98 Å². The molecule has 0 N–H and O–H groups in total. The number of nitro benzene ring substituents is 1. The number of fused-ring (bicyclic) bond motifs is 1. The van der Waals surface area contributed by atoms with Gasteiger partial charge in [-0.05, 0) is 50.2 Å². The summed E-state index contributed by atoms with van der Waals surface area (Å²) in [4.78, 5) is 18.0. The van der Waals surface area contributed by atoms with Gasteiger partial charge in [-0.3, -0.25) is 10.1 Å². The van der Waals surface area contributed by atoms with Crippen LogP contribution in [-0.2, 0) is 13.0 Å². The molecule has 0 fully saturated rings. The van der Waals surface area contributed by atoms with Crippen LogP contribution in [0.2, 0.25) is 0 Å². The van der Waals surface area contributed by atoms with Crippen LogP contribution in [0.4, 0.5) is 5.69 Å². The van der Waals surface area contributed by atoms with Crippen molar-refractivity contribution in [1.29, 1.82) is 0 Å². The first-order chi connectivity index (χ1) is 14.9. The number of hydrogen-bond donors (Lipinski definition) is 0. The molecule has 166 valence electrons. The SMILES string of the molecule is CCC(C)Oc1ccc(Cc2nc3cc([N+](=O)[O-])ccc3n2CCN(CC)CC)cc1. The van der Waals surface area contributed by atoms with E-state index in [0.717, 1.165) is 55.3 Å². The second kappa shape index (κ2) is 10.4. The number of nitro groups is 1. The van der Waals surface area contributed by atoms with Gasteiger partial charge < -0.3 is 14.2 Å². The molecule has 1 aromatic heterocycles. The lowest BCUT2D eigenvalue weighted by molar-refractivity contribution is -0.384. The Bertz CT molecular complexity index is 1010. The molecule has 1 unspecified atom stereocenters. The third kappa shape index (κ3) is 5.61. The predicted molar refractivity (Wildman–Crippen MR) is 124 cm³/mol. The lowest BCUT2D eigenvalue weighted by atomic mass is 10.1. The van der Waals surface area contributed by atoms with Crippen LogP contribution in [0.5, 0.6) is 5.75 Å². The van der Waals surface area contributed by atoms with Crippen LogP contribution in [0.1, 0.15) is 45.5 Å². The molecule has 0 aliphatic heterocycles. The van der Waals surface area contributed by atoms with Crippen molar-refractivity contribution in [3.63, 3.8) is 0 Å². The normalized spacial score (nSPS) is 12.4. The quantitative estimate of drug-likeness (QED) is 0.318. The van der Waals surface area contributed by atoms with Crippen molar-refractivity contribution < 1.29 is 9.66 Å². The van der Waals surface area contributed by atoms with Gasteiger partial charge in [0.25, 0.3) is 5.69 Å². The first-order valence-electron chi connectivity index (χ1n) is 11.1. The molecule has 0 aliphatic carbocycles. The van der Waals surface area contributed by atoms with Crippen molar-refractivity contribution in [3.05, 3.63) is 64.0 Å². The van der Waals surface area contributed by atoms with Crippen LogP contribution in [0.3, 0.4) is 0 Å². The monoisotopic (exact) mass is 424 g/mol. The third-order valence-electron chi connectivity index (χ3n) is 5.75. The highest BCUT2D eigenvalue weighted by atomic mass is 16.6. The molecule has 3 aromatic rings. The maximum Gasteiger partial charge on any atom is 0.271 e. The minimum absolute atomic E-state index is 0.0685. The molecule has 0 aliphatic rings. The highest BCUT2D eigenvalue weighted by Gasteiger charge is 2.16. The van der Waals surface area contributed by atoms with E-state index in [1.165, 1.54) is 0 Å². The Balaban J connectivity index is 1.89. The highest BCUT2D eigenvalue weighted by Crippen LogP contribution is 2.24. The molecule has 0 amide bonds. The van der Waals surface area contributed by atoms with E-state index in [2.05, 4.69) is 49.3 Å². The van der Waals surface area contributed by atoms with Crippen molar-refractivity contribution in [2.24, 2.45) is 0 Å². The summed E-state index contributed by atoms with van der Waals surface area (Å²) in [7, 11) is 0. The molecule has 0 radical (unpaired) electrons. The van der Waals surface area contributed by atoms with E-state index in [-0.39, 0.29) is 16.7 Å². The zero-order chi connectivity index (χ0) is 22.4. The zero-order valence-corrected chi connectivity index (χ0v) is 18.9. The first kappa shape index (κ1) is 22.7. The molecular weight excluding hydrogens is 392 g/mol. The molecule has 0 spiro atoms. The number of likely N-dealkylation sites (N-methyl/N-ethyl adjacent to an activating group) is 1. The molecule has 1 atom stereocenters. The molecule has 1 heterocycles. The molecule has 2 aromatic carbocycles. The summed E-state index contributed by atoms with van der Waals surface area (Å²) >= 11 is 0. The van der Waals surface area contributed by atoms with Crippen LogP contribution in [0, 0.1) is 10.1 Å². The minimum atomic E-state index is -0.371. The fourth-order valence-corrected chi connectivity index (χ4v) is 3.63. The number of nitrogens with zero attached hydrogens (tertiary/aromatic N) is 4. The van der Waals surface area contributed by atoms with Crippen molar-refractivity contribution in [2.45, 2.75) is 53.2 Å². The minimum Gasteiger partial charge on any atom is -0.491 e. The molecule has 7 heteroatoms. The average molecular weight is 425 g/mol. The standard InChI is InChI=1S/C24H32N4O3/c1-5-18(4)31-21-11-8-19(9-12-21)16-24-25-22-17-20(28(29)30)10-13-23(22)27(24)15-14-26(6-2)7-3/h8-13,17-18H,5-7,14-16H2,1-4H3. The van der Waals surface area contributed by atoms with Crippen LogP contribution in [-0.4, -0.2) is 45.1 Å². The smallest absolute Gasteiger partial charge is 0.271 e. The molecule has 31 heavy (non-hydrogen) atoms. The number of aromatic nitrogens is 2. The maximum absolute atomic E-state index is 11.2. The molecule has 0 saturated heterocycles. The van der Waals surface area contributed by atoms with E-state index in [4.69, 9.17) is 9.72 Å². The fourth-order valence-electron chi connectivity index (χ4n) is 3.63. The Morgan fingerprint density at radius 2 is 1.84 bits per heavy atom. The summed E-state index contributed by atoms with van der Waals surface area (Å²) in [5, 5.41) is 11.2. The Morgan fingerprint density at radius 3 is 2.45 bits per heavy atom. The molecular formula is C24H32N4O3. The van der Waals surface area contributed by atoms with Crippen LogP contribution in [0.15, 0.2) is 42.5 Å². The van der Waals surface area contributed by atoms with Crippen molar-refractivity contribution in [1.82, 2.24) is 14.5 Å². The first-order valence-corrected chi connectivity index (χ1v) is 11.1. The second-order valence-corrected chi connectivity index (χ2v) is 7.79. The number of rotatable bonds is 11. The van der Waals surface area contributed by atoms with Gasteiger partial charge in [-0.15, -0.1) is 0 Å². The fraction of sp³-hybridized carbons (Fsp3) is 0.458. The number of non-ortho nitro benzene ring substituents is 1. The van der Waals surface area contributed by atoms with Crippen LogP contribution >= 0.6 is 0 Å². The summed E-state index contributed by atoms with van der Waals surface area (Å²) in [5.74, 6) is 1.78. The second-order valence-electron chi connectivity index (χ2n) is 7.79.